The van der Waals surface area contributed by atoms with Gasteiger partial charge in [0.05, 0.1) is 18.1 Å². The molecule has 0 saturated carbocycles. The first kappa shape index (κ1) is 22.2. The topological polar surface area (TPSA) is 146 Å². The van der Waals surface area contributed by atoms with Crippen LogP contribution in [0.25, 0.3) is 31.3 Å². The zero-order valence-electron chi connectivity index (χ0n) is 16.9. The van der Waals surface area contributed by atoms with E-state index < -0.39 is 0 Å². The summed E-state index contributed by atoms with van der Waals surface area (Å²) in [5.41, 5.74) is 33.0. The third-order valence-corrected chi connectivity index (χ3v) is 4.94. The van der Waals surface area contributed by atoms with Crippen LogP contribution in [0.15, 0.2) is 15.3 Å². The molecule has 0 N–H and O–H groups in total. The molecule has 1 aromatic carbocycles. The summed E-state index contributed by atoms with van der Waals surface area (Å²) >= 11 is 0. The van der Waals surface area contributed by atoms with Crippen LogP contribution in [0.2, 0.25) is 0 Å². The maximum atomic E-state index is 8.98. The van der Waals surface area contributed by atoms with Crippen molar-refractivity contribution in [1.29, 1.82) is 0 Å². The molecule has 9 heteroatoms. The molecule has 1 rings (SSSR count). The molecule has 1 aromatic rings. The van der Waals surface area contributed by atoms with E-state index >= 15 is 0 Å². The van der Waals surface area contributed by atoms with Crippen molar-refractivity contribution >= 4 is 0 Å². The van der Waals surface area contributed by atoms with Gasteiger partial charge in [-0.25, -0.2) is 0 Å². The molecule has 3 atom stereocenters. The summed E-state index contributed by atoms with van der Waals surface area (Å²) in [6.07, 6.45) is 2.16. The molecular weight excluding hydrogens is 342 g/mol. The van der Waals surface area contributed by atoms with Crippen molar-refractivity contribution in [1.82, 2.24) is 0 Å². The Balaban J connectivity index is 4.21. The Labute approximate surface area is 159 Å². The quantitative estimate of drug-likeness (QED) is 0.241. The van der Waals surface area contributed by atoms with Gasteiger partial charge in [-0.1, -0.05) is 56.9 Å². The molecule has 144 valence electrons. The highest BCUT2D eigenvalue weighted by Gasteiger charge is 2.27. The Hall–Kier alpha value is -2.85. The molecule has 0 aliphatic carbocycles. The van der Waals surface area contributed by atoms with Gasteiger partial charge in [0.2, 0.25) is 0 Å². The van der Waals surface area contributed by atoms with Crippen LogP contribution in [0.1, 0.15) is 93.0 Å². The van der Waals surface area contributed by atoms with Gasteiger partial charge < -0.3 is 0 Å². The predicted molar refractivity (Wildman–Crippen MR) is 107 cm³/mol. The zero-order chi connectivity index (χ0) is 20.6. The minimum atomic E-state index is -0.375. The summed E-state index contributed by atoms with van der Waals surface area (Å²) in [6, 6.07) is -1.13. The minimum absolute atomic E-state index is 0.375. The van der Waals surface area contributed by atoms with Crippen molar-refractivity contribution in [2.45, 2.75) is 78.9 Å². The summed E-state index contributed by atoms with van der Waals surface area (Å²) in [5.74, 6) is 0. The van der Waals surface area contributed by atoms with Crippen LogP contribution in [0.4, 0.5) is 0 Å². The van der Waals surface area contributed by atoms with Crippen molar-refractivity contribution < 1.29 is 0 Å². The lowest BCUT2D eigenvalue weighted by Crippen LogP contribution is -2.16. The molecule has 0 bridgehead atoms. The fourth-order valence-electron chi connectivity index (χ4n) is 4.04. The third kappa shape index (κ3) is 4.47. The van der Waals surface area contributed by atoms with Crippen molar-refractivity contribution in [2.75, 3.05) is 0 Å². The van der Waals surface area contributed by atoms with Gasteiger partial charge in [-0.3, -0.25) is 0 Å². The Kier molecular flexibility index (Phi) is 8.49. The summed E-state index contributed by atoms with van der Waals surface area (Å²) in [5, 5.41) is 11.8. The Bertz CT molecular complexity index is 695. The first-order valence-electron chi connectivity index (χ1n) is 9.25. The molecule has 0 heterocycles. The Morgan fingerprint density at radius 3 is 0.963 bits per heavy atom. The SMILES string of the molecule is CCc1c(C(C)N=[N+]=[N-])c(CC)c(C(C)N=[N+]=[N-])c(CC)c1C(C)N=[N+]=[N-]. The van der Waals surface area contributed by atoms with Crippen molar-refractivity contribution in [3.63, 3.8) is 0 Å². The van der Waals surface area contributed by atoms with Crippen molar-refractivity contribution in [3.05, 3.63) is 64.7 Å². The van der Waals surface area contributed by atoms with E-state index in [0.29, 0.717) is 0 Å². The van der Waals surface area contributed by atoms with E-state index in [1.165, 1.54) is 0 Å². The van der Waals surface area contributed by atoms with E-state index in [-0.39, 0.29) is 18.1 Å². The maximum Gasteiger partial charge on any atom is 0.0602 e. The number of nitrogens with zero attached hydrogens (tertiary/aromatic N) is 9. The predicted octanol–water partition coefficient (Wildman–Crippen LogP) is 7.49. The summed E-state index contributed by atoms with van der Waals surface area (Å²) in [7, 11) is 0. The average Bonchev–Trinajstić information content (AvgIpc) is 2.65. The van der Waals surface area contributed by atoms with Gasteiger partial charge in [-0.15, -0.1) is 0 Å². The molecule has 0 radical (unpaired) electrons. The number of hydrogen-bond donors (Lipinski definition) is 0. The molecule has 0 aliphatic heterocycles. The third-order valence-electron chi connectivity index (χ3n) is 4.94. The lowest BCUT2D eigenvalue weighted by Gasteiger charge is -2.30. The lowest BCUT2D eigenvalue weighted by molar-refractivity contribution is 0.699. The smallest absolute Gasteiger partial charge is 0.0602 e. The molecule has 0 saturated heterocycles. The van der Waals surface area contributed by atoms with E-state index in [4.69, 9.17) is 16.6 Å². The molecule has 0 amide bonds. The largest absolute Gasteiger partial charge is 0.0862 e. The summed E-state index contributed by atoms with van der Waals surface area (Å²) in [4.78, 5) is 8.96. The van der Waals surface area contributed by atoms with E-state index in [2.05, 4.69) is 30.1 Å². The second kappa shape index (κ2) is 10.3. The second-order valence-electron chi connectivity index (χ2n) is 6.38. The normalized spacial score (nSPS) is 13.6. The van der Waals surface area contributed by atoms with Crippen LogP contribution in [0, 0.1) is 0 Å². The van der Waals surface area contributed by atoms with Gasteiger partial charge in [0.15, 0.2) is 0 Å². The van der Waals surface area contributed by atoms with Gasteiger partial charge in [-0.05, 0) is 69.2 Å². The second-order valence-corrected chi connectivity index (χ2v) is 6.38. The number of rotatable bonds is 9. The monoisotopic (exact) mass is 369 g/mol. The van der Waals surface area contributed by atoms with E-state index in [0.717, 1.165) is 52.6 Å². The highest BCUT2D eigenvalue weighted by atomic mass is 15.2. The van der Waals surface area contributed by atoms with E-state index in [1.54, 1.807) is 0 Å². The van der Waals surface area contributed by atoms with Crippen LogP contribution in [0.3, 0.4) is 0 Å². The number of hydrogen-bond acceptors (Lipinski definition) is 3. The zero-order valence-corrected chi connectivity index (χ0v) is 16.9. The van der Waals surface area contributed by atoms with Crippen LogP contribution in [0.5, 0.6) is 0 Å². The first-order valence-corrected chi connectivity index (χ1v) is 9.25. The standard InChI is InChI=1S/C18H27N9/c1-7-13-16(10(4)22-25-19)14(8-2)18(12(6)24-27-21)15(9-3)17(13)11(5)23-26-20/h10-12H,7-9H2,1-6H3. The average molecular weight is 369 g/mol. The van der Waals surface area contributed by atoms with Gasteiger partial charge in [0, 0.05) is 14.7 Å². The van der Waals surface area contributed by atoms with Crippen LogP contribution < -0.4 is 0 Å². The Morgan fingerprint density at radius 2 is 0.815 bits per heavy atom. The molecule has 0 spiro atoms. The fourth-order valence-corrected chi connectivity index (χ4v) is 4.04. The highest BCUT2D eigenvalue weighted by molar-refractivity contribution is 5.55. The first-order chi connectivity index (χ1) is 12.9. The van der Waals surface area contributed by atoms with Crippen LogP contribution >= 0.6 is 0 Å². The molecule has 9 nitrogen and oxygen atoms in total. The fraction of sp³-hybridized carbons (Fsp3) is 0.667. The van der Waals surface area contributed by atoms with Gasteiger partial charge >= 0.3 is 0 Å². The molecule has 27 heavy (non-hydrogen) atoms. The maximum absolute atomic E-state index is 8.98. The van der Waals surface area contributed by atoms with Gasteiger partial charge in [0.25, 0.3) is 0 Å². The van der Waals surface area contributed by atoms with Crippen LogP contribution in [-0.4, -0.2) is 0 Å². The summed E-state index contributed by atoms with van der Waals surface area (Å²) < 4.78 is 0. The molecule has 0 aromatic heterocycles. The van der Waals surface area contributed by atoms with Gasteiger partial charge in [0.1, 0.15) is 0 Å². The van der Waals surface area contributed by atoms with Gasteiger partial charge in [-0.2, -0.15) is 0 Å². The summed E-state index contributed by atoms with van der Waals surface area (Å²) in [6.45, 7) is 11.7. The molecule has 3 unspecified atom stereocenters. The van der Waals surface area contributed by atoms with Crippen molar-refractivity contribution in [3.8, 4) is 0 Å². The molecule has 0 fully saturated rings. The lowest BCUT2D eigenvalue weighted by atomic mass is 9.78. The Morgan fingerprint density at radius 1 is 0.593 bits per heavy atom. The van der Waals surface area contributed by atoms with E-state index in [9.17, 15) is 0 Å². The number of benzene rings is 1. The molecular formula is C18H27N9. The number of azide groups is 3. The van der Waals surface area contributed by atoms with Crippen LogP contribution in [-0.2, 0) is 19.3 Å². The molecule has 0 aliphatic rings. The van der Waals surface area contributed by atoms with E-state index in [1.807, 2.05) is 41.5 Å². The van der Waals surface area contributed by atoms with Crippen molar-refractivity contribution in [2.24, 2.45) is 15.3 Å². The minimum Gasteiger partial charge on any atom is -0.0862 e. The highest BCUT2D eigenvalue weighted by Crippen LogP contribution is 2.42.